The monoisotopic (exact) mass is 303 g/mol. The van der Waals surface area contributed by atoms with Crippen molar-refractivity contribution in [3.63, 3.8) is 0 Å². The van der Waals surface area contributed by atoms with E-state index in [4.69, 9.17) is 9.84 Å². The second-order valence-corrected chi connectivity index (χ2v) is 6.10. The van der Waals surface area contributed by atoms with Gasteiger partial charge in [-0.05, 0) is 42.9 Å². The van der Waals surface area contributed by atoms with Crippen LogP contribution in [0.2, 0.25) is 0 Å². The van der Waals surface area contributed by atoms with Gasteiger partial charge in [0.2, 0.25) is 0 Å². The molecule has 0 saturated carbocycles. The third-order valence-electron chi connectivity index (χ3n) is 4.76. The van der Waals surface area contributed by atoms with E-state index >= 15 is 0 Å². The molecular weight excluding hydrogens is 282 g/mol. The summed E-state index contributed by atoms with van der Waals surface area (Å²) in [5.74, 6) is -0.928. The van der Waals surface area contributed by atoms with Crippen molar-refractivity contribution in [1.29, 1.82) is 0 Å². The summed E-state index contributed by atoms with van der Waals surface area (Å²) in [7, 11) is 1.61. The molecule has 0 spiro atoms. The second kappa shape index (κ2) is 6.08. The van der Waals surface area contributed by atoms with Gasteiger partial charge >= 0.3 is 5.97 Å². The van der Waals surface area contributed by atoms with Crippen molar-refractivity contribution < 1.29 is 19.4 Å². The van der Waals surface area contributed by atoms with Crippen molar-refractivity contribution in [2.75, 3.05) is 13.7 Å². The van der Waals surface area contributed by atoms with Crippen molar-refractivity contribution in [3.8, 4) is 0 Å². The average Bonchev–Trinajstić information content (AvgIpc) is 3.11. The molecule has 0 radical (unpaired) electrons. The lowest BCUT2D eigenvalue weighted by molar-refractivity contribution is -0.137. The molecule has 0 bridgehead atoms. The fourth-order valence-corrected chi connectivity index (χ4v) is 3.66. The highest BCUT2D eigenvalue weighted by atomic mass is 16.5. The third-order valence-corrected chi connectivity index (χ3v) is 4.76. The number of benzene rings is 1. The van der Waals surface area contributed by atoms with Gasteiger partial charge in [-0.1, -0.05) is 12.1 Å². The predicted octanol–water partition coefficient (Wildman–Crippen LogP) is 1.88. The SMILES string of the molecule is CO[C@H]1C[C@@H](CC(=O)O)N(C(=O)c2cccc3c2CCC3)C1. The average molecular weight is 303 g/mol. The minimum atomic E-state index is -0.877. The lowest BCUT2D eigenvalue weighted by atomic mass is 10.0. The van der Waals surface area contributed by atoms with Crippen LogP contribution in [0.15, 0.2) is 18.2 Å². The molecule has 2 aliphatic rings. The van der Waals surface area contributed by atoms with Crippen LogP contribution in [0.3, 0.4) is 0 Å². The molecule has 1 heterocycles. The number of carbonyl (C=O) groups excluding carboxylic acids is 1. The Morgan fingerprint density at radius 2 is 2.18 bits per heavy atom. The molecule has 0 aromatic heterocycles. The first-order valence-electron chi connectivity index (χ1n) is 7.76. The Morgan fingerprint density at radius 1 is 1.36 bits per heavy atom. The topological polar surface area (TPSA) is 66.8 Å². The summed E-state index contributed by atoms with van der Waals surface area (Å²) in [6, 6.07) is 5.58. The Hall–Kier alpha value is -1.88. The first-order valence-corrected chi connectivity index (χ1v) is 7.76. The Labute approximate surface area is 129 Å². The highest BCUT2D eigenvalue weighted by Crippen LogP contribution is 2.29. The molecule has 1 amide bonds. The van der Waals surface area contributed by atoms with Gasteiger partial charge in [-0.15, -0.1) is 0 Å². The maximum atomic E-state index is 12.9. The number of likely N-dealkylation sites (tertiary alicyclic amines) is 1. The molecule has 22 heavy (non-hydrogen) atoms. The van der Waals surface area contributed by atoms with Gasteiger partial charge in [-0.3, -0.25) is 9.59 Å². The molecule has 1 fully saturated rings. The van der Waals surface area contributed by atoms with Crippen LogP contribution in [0.1, 0.15) is 40.7 Å². The number of rotatable bonds is 4. The largest absolute Gasteiger partial charge is 0.481 e. The van der Waals surface area contributed by atoms with Crippen molar-refractivity contribution in [2.45, 2.75) is 44.2 Å². The number of carboxylic acid groups (broad SMARTS) is 1. The van der Waals surface area contributed by atoms with Crippen LogP contribution in [0.4, 0.5) is 0 Å². The second-order valence-electron chi connectivity index (χ2n) is 6.10. The quantitative estimate of drug-likeness (QED) is 0.922. The smallest absolute Gasteiger partial charge is 0.305 e. The van der Waals surface area contributed by atoms with E-state index in [-0.39, 0.29) is 24.5 Å². The minimum absolute atomic E-state index is 0.0272. The standard InChI is InChI=1S/C17H21NO4/c1-22-13-8-12(9-16(19)20)18(10-13)17(21)15-7-3-5-11-4-2-6-14(11)15/h3,5,7,12-13H,2,4,6,8-10H2,1H3,(H,19,20)/t12-,13-/m0/s1. The Morgan fingerprint density at radius 3 is 2.91 bits per heavy atom. The summed E-state index contributed by atoms with van der Waals surface area (Å²) in [4.78, 5) is 25.7. The molecular formula is C17H21NO4. The fraction of sp³-hybridized carbons (Fsp3) is 0.529. The van der Waals surface area contributed by atoms with Gasteiger partial charge in [0.15, 0.2) is 0 Å². The van der Waals surface area contributed by atoms with Gasteiger partial charge in [0, 0.05) is 25.3 Å². The minimum Gasteiger partial charge on any atom is -0.481 e. The molecule has 1 N–H and O–H groups in total. The zero-order valence-electron chi connectivity index (χ0n) is 12.7. The van der Waals surface area contributed by atoms with E-state index in [1.165, 1.54) is 5.56 Å². The number of carbonyl (C=O) groups is 2. The lowest BCUT2D eigenvalue weighted by Gasteiger charge is -2.24. The van der Waals surface area contributed by atoms with Crippen molar-refractivity contribution in [1.82, 2.24) is 4.90 Å². The maximum absolute atomic E-state index is 12.9. The third kappa shape index (κ3) is 2.73. The van der Waals surface area contributed by atoms with E-state index in [1.54, 1.807) is 12.0 Å². The van der Waals surface area contributed by atoms with Gasteiger partial charge in [-0.2, -0.15) is 0 Å². The summed E-state index contributed by atoms with van der Waals surface area (Å²) >= 11 is 0. The summed E-state index contributed by atoms with van der Waals surface area (Å²) < 4.78 is 5.35. The Balaban J connectivity index is 1.87. The molecule has 1 aliphatic heterocycles. The van der Waals surface area contributed by atoms with Gasteiger partial charge < -0.3 is 14.7 Å². The number of ether oxygens (including phenoxy) is 1. The van der Waals surface area contributed by atoms with Crippen LogP contribution >= 0.6 is 0 Å². The van der Waals surface area contributed by atoms with E-state index in [0.717, 1.165) is 30.4 Å². The van der Waals surface area contributed by atoms with Crippen molar-refractivity contribution in [2.24, 2.45) is 0 Å². The van der Waals surface area contributed by atoms with Crippen LogP contribution in [-0.2, 0) is 22.4 Å². The molecule has 5 heteroatoms. The van der Waals surface area contributed by atoms with Gasteiger partial charge in [0.25, 0.3) is 5.91 Å². The number of fused-ring (bicyclic) bond motifs is 1. The summed E-state index contributed by atoms with van der Waals surface area (Å²) in [5, 5.41) is 9.08. The van der Waals surface area contributed by atoms with Crippen LogP contribution in [0, 0.1) is 0 Å². The fourth-order valence-electron chi connectivity index (χ4n) is 3.66. The van der Waals surface area contributed by atoms with Crippen molar-refractivity contribution >= 4 is 11.9 Å². The van der Waals surface area contributed by atoms with Crippen LogP contribution in [0.25, 0.3) is 0 Å². The highest BCUT2D eigenvalue weighted by molar-refractivity contribution is 5.97. The number of amides is 1. The normalized spacial score (nSPS) is 23.6. The molecule has 5 nitrogen and oxygen atoms in total. The summed E-state index contributed by atoms with van der Waals surface area (Å²) in [6.45, 7) is 0.469. The van der Waals surface area contributed by atoms with Crippen molar-refractivity contribution in [3.05, 3.63) is 34.9 Å². The first-order chi connectivity index (χ1) is 10.6. The number of carboxylic acids is 1. The molecule has 0 unspecified atom stereocenters. The van der Waals surface area contributed by atoms with E-state index in [0.29, 0.717) is 13.0 Å². The molecule has 1 aromatic carbocycles. The summed E-state index contributed by atoms with van der Waals surface area (Å²) in [5.41, 5.74) is 3.13. The highest BCUT2D eigenvalue weighted by Gasteiger charge is 2.37. The lowest BCUT2D eigenvalue weighted by Crippen LogP contribution is -2.37. The molecule has 1 aromatic rings. The molecule has 1 saturated heterocycles. The number of methoxy groups -OCH3 is 1. The van der Waals surface area contributed by atoms with E-state index < -0.39 is 5.97 Å². The predicted molar refractivity (Wildman–Crippen MR) is 81.0 cm³/mol. The Kier molecular flexibility index (Phi) is 4.16. The summed E-state index contributed by atoms with van der Waals surface area (Å²) in [6.07, 6.45) is 3.52. The first kappa shape index (κ1) is 15.0. The van der Waals surface area contributed by atoms with Gasteiger partial charge in [-0.25, -0.2) is 0 Å². The van der Waals surface area contributed by atoms with Crippen LogP contribution in [-0.4, -0.2) is 47.7 Å². The number of hydrogen-bond acceptors (Lipinski definition) is 3. The molecule has 118 valence electrons. The zero-order valence-corrected chi connectivity index (χ0v) is 12.7. The van der Waals surface area contributed by atoms with Gasteiger partial charge in [0.1, 0.15) is 0 Å². The van der Waals surface area contributed by atoms with E-state index in [1.807, 2.05) is 12.1 Å². The van der Waals surface area contributed by atoms with E-state index in [9.17, 15) is 9.59 Å². The molecule has 1 aliphatic carbocycles. The molecule has 3 rings (SSSR count). The number of nitrogens with zero attached hydrogens (tertiary/aromatic N) is 1. The van der Waals surface area contributed by atoms with Gasteiger partial charge in [0.05, 0.1) is 12.5 Å². The molecule has 2 atom stereocenters. The maximum Gasteiger partial charge on any atom is 0.305 e. The Bertz CT molecular complexity index is 598. The van der Waals surface area contributed by atoms with Crippen LogP contribution in [0.5, 0.6) is 0 Å². The van der Waals surface area contributed by atoms with E-state index in [2.05, 4.69) is 6.07 Å². The zero-order chi connectivity index (χ0) is 15.7. The number of hydrogen-bond donors (Lipinski definition) is 1. The number of aliphatic carboxylic acids is 1. The van der Waals surface area contributed by atoms with Crippen LogP contribution < -0.4 is 0 Å². The number of aryl methyl sites for hydroxylation is 1.